The zero-order chi connectivity index (χ0) is 21.5. The number of nitrogens with zero attached hydrogens (tertiary/aromatic N) is 4. The number of fused-ring (bicyclic) bond motifs is 1. The van der Waals surface area contributed by atoms with Crippen LogP contribution in [0.4, 0.5) is 0 Å². The number of unbranched alkanes of at least 4 members (excludes halogenated alkanes) is 1. The Morgan fingerprint density at radius 1 is 1.37 bits per heavy atom. The third-order valence-corrected chi connectivity index (χ3v) is 5.60. The summed E-state index contributed by atoms with van der Waals surface area (Å²) in [5, 5.41) is 12.7. The Balaban J connectivity index is 1.92. The molecule has 1 unspecified atom stereocenters. The van der Waals surface area contributed by atoms with E-state index in [1.807, 2.05) is 29.2 Å². The molecule has 1 amide bonds. The van der Waals surface area contributed by atoms with Crippen LogP contribution in [0, 0.1) is 23.2 Å². The molecule has 162 valence electrons. The number of rotatable bonds is 9. The summed E-state index contributed by atoms with van der Waals surface area (Å²) in [5.41, 5.74) is 1.83. The van der Waals surface area contributed by atoms with Gasteiger partial charge in [0.1, 0.15) is 0 Å². The molecule has 7 heteroatoms. The van der Waals surface area contributed by atoms with Gasteiger partial charge in [0.15, 0.2) is 5.82 Å². The van der Waals surface area contributed by atoms with E-state index in [4.69, 9.17) is 9.72 Å². The highest BCUT2D eigenvalue weighted by atomic mass is 16.5. The molecule has 7 nitrogen and oxygen atoms in total. The number of nitriles is 1. The Bertz CT molecular complexity index is 885. The molecule has 2 atom stereocenters. The Morgan fingerprint density at radius 2 is 2.17 bits per heavy atom. The van der Waals surface area contributed by atoms with Crippen LogP contribution in [0.2, 0.25) is 0 Å². The summed E-state index contributed by atoms with van der Waals surface area (Å²) in [5.74, 6) is 0.709. The molecule has 2 heterocycles. The number of nitrogens with one attached hydrogen (secondary N) is 1. The van der Waals surface area contributed by atoms with E-state index in [0.29, 0.717) is 44.4 Å². The number of aryl methyl sites for hydroxylation is 1. The molecule has 30 heavy (non-hydrogen) atoms. The van der Waals surface area contributed by atoms with Crippen LogP contribution in [0.25, 0.3) is 11.0 Å². The van der Waals surface area contributed by atoms with Gasteiger partial charge in [0.05, 0.1) is 23.0 Å². The molecular weight excluding hydrogens is 378 g/mol. The van der Waals surface area contributed by atoms with Crippen molar-refractivity contribution >= 4 is 16.9 Å². The second kappa shape index (κ2) is 10.6. The van der Waals surface area contributed by atoms with Crippen LogP contribution in [0.1, 0.15) is 43.7 Å². The number of amides is 1. The molecule has 1 saturated heterocycles. The third kappa shape index (κ3) is 5.18. The summed E-state index contributed by atoms with van der Waals surface area (Å²) >= 11 is 0. The summed E-state index contributed by atoms with van der Waals surface area (Å²) in [6.45, 7) is 7.72. The monoisotopic (exact) mass is 411 g/mol. The van der Waals surface area contributed by atoms with Gasteiger partial charge < -0.3 is 19.5 Å². The average Bonchev–Trinajstić information content (AvgIpc) is 3.13. The molecule has 0 bridgehead atoms. The number of imidazole rings is 1. The number of hydrogen-bond acceptors (Lipinski definition) is 5. The Morgan fingerprint density at radius 3 is 2.90 bits per heavy atom. The fraction of sp³-hybridized carbons (Fsp3) is 0.609. The van der Waals surface area contributed by atoms with Crippen molar-refractivity contribution in [3.05, 3.63) is 30.1 Å². The van der Waals surface area contributed by atoms with Crippen LogP contribution in [0.5, 0.6) is 0 Å². The lowest BCUT2D eigenvalue weighted by molar-refractivity contribution is 0.0586. The molecule has 1 aromatic carbocycles. The summed E-state index contributed by atoms with van der Waals surface area (Å²) in [6, 6.07) is 10.3. The van der Waals surface area contributed by atoms with Crippen LogP contribution >= 0.6 is 0 Å². The van der Waals surface area contributed by atoms with Crippen LogP contribution < -0.4 is 5.32 Å². The smallest absolute Gasteiger partial charge is 0.290 e. The number of carbonyl (C=O) groups excluding carboxylic acids is 1. The van der Waals surface area contributed by atoms with Crippen molar-refractivity contribution < 1.29 is 9.53 Å². The highest BCUT2D eigenvalue weighted by Crippen LogP contribution is 2.23. The van der Waals surface area contributed by atoms with Crippen molar-refractivity contribution in [2.45, 2.75) is 45.7 Å². The number of methoxy groups -OCH3 is 1. The van der Waals surface area contributed by atoms with E-state index < -0.39 is 0 Å². The molecular formula is C23H33N5O2. The van der Waals surface area contributed by atoms with E-state index in [-0.39, 0.29) is 17.9 Å². The normalized spacial score (nSPS) is 19.2. The second-order valence-corrected chi connectivity index (χ2v) is 8.50. The van der Waals surface area contributed by atoms with Gasteiger partial charge >= 0.3 is 0 Å². The Hall–Kier alpha value is -2.43. The van der Waals surface area contributed by atoms with Gasteiger partial charge in [-0.25, -0.2) is 4.98 Å². The fourth-order valence-electron chi connectivity index (χ4n) is 4.16. The maximum Gasteiger partial charge on any atom is 0.290 e. The first kappa shape index (κ1) is 22.3. The van der Waals surface area contributed by atoms with Crippen LogP contribution in [-0.2, 0) is 11.3 Å². The van der Waals surface area contributed by atoms with E-state index >= 15 is 0 Å². The molecule has 2 aromatic rings. The lowest BCUT2D eigenvalue weighted by Gasteiger charge is -2.37. The first-order valence-corrected chi connectivity index (χ1v) is 10.9. The van der Waals surface area contributed by atoms with Crippen LogP contribution in [-0.4, -0.2) is 59.8 Å². The lowest BCUT2D eigenvalue weighted by atomic mass is 9.95. The first-order chi connectivity index (χ1) is 14.5. The molecule has 0 radical (unpaired) electrons. The zero-order valence-corrected chi connectivity index (χ0v) is 18.3. The quantitative estimate of drug-likeness (QED) is 0.641. The van der Waals surface area contributed by atoms with E-state index in [9.17, 15) is 10.1 Å². The van der Waals surface area contributed by atoms with Crippen LogP contribution in [0.3, 0.4) is 0 Å². The number of para-hydroxylation sites is 2. The van der Waals surface area contributed by atoms with Gasteiger partial charge in [-0.1, -0.05) is 26.0 Å². The van der Waals surface area contributed by atoms with Crippen molar-refractivity contribution in [1.29, 1.82) is 5.26 Å². The van der Waals surface area contributed by atoms with Gasteiger partial charge in [0, 0.05) is 45.9 Å². The van der Waals surface area contributed by atoms with E-state index in [0.717, 1.165) is 30.4 Å². The molecule has 3 rings (SSSR count). The van der Waals surface area contributed by atoms with Gasteiger partial charge in [0.2, 0.25) is 0 Å². The molecule has 1 aromatic heterocycles. The van der Waals surface area contributed by atoms with E-state index in [1.54, 1.807) is 7.11 Å². The van der Waals surface area contributed by atoms with E-state index in [1.165, 1.54) is 0 Å². The molecule has 1 aliphatic rings. The first-order valence-electron chi connectivity index (χ1n) is 10.9. The SMILES string of the molecule is COCCCCn1c(C(=O)N(CC(C)C)[C@@H]2CNCC(C#N)C2)nc2ccccc21. The molecule has 1 aliphatic heterocycles. The Kier molecular flexibility index (Phi) is 7.83. The van der Waals surface area contributed by atoms with E-state index in [2.05, 4.69) is 29.8 Å². The number of ether oxygens (including phenoxy) is 1. The van der Waals surface area contributed by atoms with Gasteiger partial charge in [-0.05, 0) is 37.3 Å². The minimum Gasteiger partial charge on any atom is -0.385 e. The maximum absolute atomic E-state index is 13.8. The number of carbonyl (C=O) groups is 1. The van der Waals surface area contributed by atoms with Gasteiger partial charge in [-0.3, -0.25) is 4.79 Å². The summed E-state index contributed by atoms with van der Waals surface area (Å²) in [4.78, 5) is 20.4. The maximum atomic E-state index is 13.8. The molecule has 1 fully saturated rings. The number of hydrogen-bond donors (Lipinski definition) is 1. The topological polar surface area (TPSA) is 83.2 Å². The number of benzene rings is 1. The predicted octanol–water partition coefficient (Wildman–Crippen LogP) is 3.06. The van der Waals surface area contributed by atoms with Crippen molar-refractivity contribution in [2.24, 2.45) is 11.8 Å². The van der Waals surface area contributed by atoms with Crippen molar-refractivity contribution in [3.63, 3.8) is 0 Å². The zero-order valence-electron chi connectivity index (χ0n) is 18.3. The summed E-state index contributed by atoms with van der Waals surface area (Å²) in [6.07, 6.45) is 2.55. The van der Waals surface area contributed by atoms with Crippen molar-refractivity contribution in [1.82, 2.24) is 19.8 Å². The number of piperidine rings is 1. The molecule has 0 aliphatic carbocycles. The molecule has 1 N–H and O–H groups in total. The van der Waals surface area contributed by atoms with Gasteiger partial charge in [-0.15, -0.1) is 0 Å². The predicted molar refractivity (Wildman–Crippen MR) is 117 cm³/mol. The highest BCUT2D eigenvalue weighted by molar-refractivity contribution is 5.95. The minimum atomic E-state index is -0.0703. The minimum absolute atomic E-state index is 0.0000497. The highest BCUT2D eigenvalue weighted by Gasteiger charge is 2.32. The average molecular weight is 412 g/mol. The standard InChI is InChI=1S/C23H33N5O2/c1-17(2)16-28(19-12-18(13-24)14-25-15-19)23(29)22-26-20-8-4-5-9-21(20)27(22)10-6-7-11-30-3/h4-5,8-9,17-19,25H,6-7,10-12,14-16H2,1-3H3/t18?,19-/m0/s1. The van der Waals surface area contributed by atoms with Crippen molar-refractivity contribution in [3.8, 4) is 6.07 Å². The molecule has 0 spiro atoms. The number of aromatic nitrogens is 2. The van der Waals surface area contributed by atoms with Gasteiger partial charge in [-0.2, -0.15) is 5.26 Å². The summed E-state index contributed by atoms with van der Waals surface area (Å²) < 4.78 is 7.23. The van der Waals surface area contributed by atoms with Crippen molar-refractivity contribution in [2.75, 3.05) is 33.4 Å². The second-order valence-electron chi connectivity index (χ2n) is 8.50. The van der Waals surface area contributed by atoms with Gasteiger partial charge in [0.25, 0.3) is 5.91 Å². The Labute approximate surface area is 179 Å². The largest absolute Gasteiger partial charge is 0.385 e. The molecule has 0 saturated carbocycles. The van der Waals surface area contributed by atoms with Crippen LogP contribution in [0.15, 0.2) is 24.3 Å². The lowest BCUT2D eigenvalue weighted by Crippen LogP contribution is -2.52. The fourth-order valence-corrected chi connectivity index (χ4v) is 4.16. The summed E-state index contributed by atoms with van der Waals surface area (Å²) in [7, 11) is 1.71. The third-order valence-electron chi connectivity index (χ3n) is 5.60.